The number of ether oxygens (including phenoxy) is 1. The molecule has 1 aliphatic carbocycles. The van der Waals surface area contributed by atoms with Crippen LogP contribution in [0.4, 0.5) is 0 Å². The second-order valence-electron chi connectivity index (χ2n) is 5.49. The summed E-state index contributed by atoms with van der Waals surface area (Å²) in [5, 5.41) is 0. The maximum Gasteiger partial charge on any atom is 0.212 e. The van der Waals surface area contributed by atoms with Gasteiger partial charge < -0.3 is 10.5 Å². The zero-order valence-electron chi connectivity index (χ0n) is 12.2. The molecule has 110 valence electrons. The molecule has 1 atom stereocenters. The Morgan fingerprint density at radius 2 is 2.19 bits per heavy atom. The Kier molecular flexibility index (Phi) is 4.10. The monoisotopic (exact) mass is 284 g/mol. The van der Waals surface area contributed by atoms with Crippen LogP contribution < -0.4 is 10.5 Å². The fourth-order valence-electron chi connectivity index (χ4n) is 2.73. The molecule has 21 heavy (non-hydrogen) atoms. The van der Waals surface area contributed by atoms with Crippen molar-refractivity contribution < 1.29 is 4.74 Å². The second-order valence-corrected chi connectivity index (χ2v) is 5.49. The molecule has 0 aromatic carbocycles. The zero-order valence-corrected chi connectivity index (χ0v) is 12.2. The van der Waals surface area contributed by atoms with Crippen molar-refractivity contribution in [2.24, 2.45) is 11.7 Å². The van der Waals surface area contributed by atoms with Gasteiger partial charge in [0, 0.05) is 30.6 Å². The summed E-state index contributed by atoms with van der Waals surface area (Å²) >= 11 is 0. The fraction of sp³-hybridized carbons (Fsp3) is 0.438. The van der Waals surface area contributed by atoms with E-state index in [1.807, 2.05) is 24.5 Å². The molecule has 0 amide bonds. The third-order valence-electron chi connectivity index (χ3n) is 4.00. The molecule has 2 heterocycles. The summed E-state index contributed by atoms with van der Waals surface area (Å²) in [4.78, 5) is 13.4. The quantitative estimate of drug-likeness (QED) is 0.921. The number of pyridine rings is 1. The van der Waals surface area contributed by atoms with Gasteiger partial charge in [-0.1, -0.05) is 6.07 Å². The number of aromatic nitrogens is 3. The number of aryl methyl sites for hydroxylation is 1. The van der Waals surface area contributed by atoms with Gasteiger partial charge in [0.25, 0.3) is 0 Å². The minimum Gasteiger partial charge on any atom is -0.481 e. The van der Waals surface area contributed by atoms with Gasteiger partial charge in [0.15, 0.2) is 0 Å². The lowest BCUT2D eigenvalue weighted by Crippen LogP contribution is -2.23. The van der Waals surface area contributed by atoms with Crippen molar-refractivity contribution in [3.63, 3.8) is 0 Å². The van der Waals surface area contributed by atoms with Crippen LogP contribution in [0.1, 0.15) is 29.1 Å². The van der Waals surface area contributed by atoms with Crippen molar-refractivity contribution in [3.05, 3.63) is 47.2 Å². The molecule has 3 rings (SSSR count). The smallest absolute Gasteiger partial charge is 0.212 e. The Balaban J connectivity index is 1.74. The van der Waals surface area contributed by atoms with Crippen LogP contribution in [-0.4, -0.2) is 28.6 Å². The van der Waals surface area contributed by atoms with Crippen LogP contribution >= 0.6 is 0 Å². The summed E-state index contributed by atoms with van der Waals surface area (Å²) in [6.45, 7) is 0.749. The molecule has 0 saturated carbocycles. The summed E-state index contributed by atoms with van der Waals surface area (Å²) < 4.78 is 5.06. The Morgan fingerprint density at radius 1 is 1.29 bits per heavy atom. The number of methoxy groups -OCH3 is 1. The number of nitrogens with two attached hydrogens (primary N) is 1. The third kappa shape index (κ3) is 3.19. The van der Waals surface area contributed by atoms with Crippen LogP contribution in [0.5, 0.6) is 5.88 Å². The first-order chi connectivity index (χ1) is 10.3. The SMILES string of the molecule is COc1ccc(Cc2ncc3c(n2)CCC(CN)C3)cn1. The topological polar surface area (TPSA) is 73.9 Å². The number of rotatable bonds is 4. The minimum absolute atomic E-state index is 0.581. The average Bonchev–Trinajstić information content (AvgIpc) is 2.55. The average molecular weight is 284 g/mol. The van der Waals surface area contributed by atoms with Gasteiger partial charge in [-0.25, -0.2) is 15.0 Å². The van der Waals surface area contributed by atoms with Gasteiger partial charge in [-0.05, 0) is 42.9 Å². The molecule has 5 heteroatoms. The maximum absolute atomic E-state index is 5.76. The van der Waals surface area contributed by atoms with Crippen molar-refractivity contribution in [1.82, 2.24) is 15.0 Å². The maximum atomic E-state index is 5.76. The largest absolute Gasteiger partial charge is 0.481 e. The van der Waals surface area contributed by atoms with Crippen molar-refractivity contribution in [2.75, 3.05) is 13.7 Å². The van der Waals surface area contributed by atoms with Gasteiger partial charge in [0.05, 0.1) is 7.11 Å². The Labute approximate surface area is 124 Å². The van der Waals surface area contributed by atoms with E-state index in [1.54, 1.807) is 7.11 Å². The predicted molar refractivity (Wildman–Crippen MR) is 80.2 cm³/mol. The van der Waals surface area contributed by atoms with E-state index in [0.29, 0.717) is 18.2 Å². The normalized spacial score (nSPS) is 17.3. The summed E-state index contributed by atoms with van der Waals surface area (Å²) in [7, 11) is 1.61. The number of hydrogen-bond acceptors (Lipinski definition) is 5. The predicted octanol–water partition coefficient (Wildman–Crippen LogP) is 1.53. The Bertz CT molecular complexity index is 612. The Morgan fingerprint density at radius 3 is 2.90 bits per heavy atom. The highest BCUT2D eigenvalue weighted by Gasteiger charge is 2.19. The first kappa shape index (κ1) is 13.9. The van der Waals surface area contributed by atoms with Crippen molar-refractivity contribution >= 4 is 0 Å². The van der Waals surface area contributed by atoms with Crippen LogP contribution in [0.3, 0.4) is 0 Å². The lowest BCUT2D eigenvalue weighted by Gasteiger charge is -2.22. The van der Waals surface area contributed by atoms with E-state index in [0.717, 1.165) is 37.2 Å². The molecule has 0 radical (unpaired) electrons. The van der Waals surface area contributed by atoms with Gasteiger partial charge in [-0.2, -0.15) is 0 Å². The minimum atomic E-state index is 0.581. The highest BCUT2D eigenvalue weighted by atomic mass is 16.5. The third-order valence-corrected chi connectivity index (χ3v) is 4.00. The van der Waals surface area contributed by atoms with Crippen molar-refractivity contribution in [3.8, 4) is 5.88 Å². The van der Waals surface area contributed by atoms with E-state index in [1.165, 1.54) is 11.3 Å². The molecule has 0 fully saturated rings. The second kappa shape index (κ2) is 6.18. The standard InChI is InChI=1S/C16H20N4O/c1-21-16-5-3-12(9-19-16)7-15-18-10-13-6-11(8-17)2-4-14(13)20-15/h3,5,9-11H,2,4,6-8,17H2,1H3. The summed E-state index contributed by atoms with van der Waals surface area (Å²) in [5.74, 6) is 2.06. The summed E-state index contributed by atoms with van der Waals surface area (Å²) in [6.07, 6.45) is 7.63. The van der Waals surface area contributed by atoms with E-state index in [4.69, 9.17) is 15.5 Å². The lowest BCUT2D eigenvalue weighted by atomic mass is 9.87. The number of fused-ring (bicyclic) bond motifs is 1. The molecular formula is C16H20N4O. The molecule has 1 unspecified atom stereocenters. The van der Waals surface area contributed by atoms with E-state index < -0.39 is 0 Å². The summed E-state index contributed by atoms with van der Waals surface area (Å²) in [6, 6.07) is 3.86. The highest BCUT2D eigenvalue weighted by Crippen LogP contribution is 2.23. The van der Waals surface area contributed by atoms with Crippen LogP contribution in [0.15, 0.2) is 24.5 Å². The Hall–Kier alpha value is -2.01. The van der Waals surface area contributed by atoms with Crippen LogP contribution in [0.25, 0.3) is 0 Å². The molecule has 0 bridgehead atoms. The van der Waals surface area contributed by atoms with Gasteiger partial charge in [-0.15, -0.1) is 0 Å². The van der Waals surface area contributed by atoms with Crippen molar-refractivity contribution in [1.29, 1.82) is 0 Å². The molecule has 2 N–H and O–H groups in total. The van der Waals surface area contributed by atoms with E-state index in [9.17, 15) is 0 Å². The number of nitrogens with zero attached hydrogens (tertiary/aromatic N) is 3. The molecule has 0 saturated heterocycles. The van der Waals surface area contributed by atoms with Crippen molar-refractivity contribution in [2.45, 2.75) is 25.7 Å². The molecule has 2 aromatic rings. The first-order valence-corrected chi connectivity index (χ1v) is 7.31. The van der Waals surface area contributed by atoms with Gasteiger partial charge in [-0.3, -0.25) is 0 Å². The van der Waals surface area contributed by atoms with Crippen LogP contribution in [0, 0.1) is 5.92 Å². The van der Waals surface area contributed by atoms with E-state index in [2.05, 4.69) is 9.97 Å². The van der Waals surface area contributed by atoms with Gasteiger partial charge >= 0.3 is 0 Å². The molecule has 0 spiro atoms. The molecule has 1 aliphatic rings. The molecule has 5 nitrogen and oxygen atoms in total. The molecule has 2 aromatic heterocycles. The summed E-state index contributed by atoms with van der Waals surface area (Å²) in [5.41, 5.74) is 9.29. The first-order valence-electron chi connectivity index (χ1n) is 7.31. The molecule has 0 aliphatic heterocycles. The van der Waals surface area contributed by atoms with Crippen LogP contribution in [0.2, 0.25) is 0 Å². The van der Waals surface area contributed by atoms with E-state index in [-0.39, 0.29) is 0 Å². The fourth-order valence-corrected chi connectivity index (χ4v) is 2.73. The van der Waals surface area contributed by atoms with Gasteiger partial charge in [0.1, 0.15) is 5.82 Å². The van der Waals surface area contributed by atoms with Gasteiger partial charge in [0.2, 0.25) is 5.88 Å². The highest BCUT2D eigenvalue weighted by molar-refractivity contribution is 5.25. The lowest BCUT2D eigenvalue weighted by molar-refractivity contribution is 0.397. The van der Waals surface area contributed by atoms with E-state index >= 15 is 0 Å². The van der Waals surface area contributed by atoms with Crippen LogP contribution in [-0.2, 0) is 19.3 Å². The zero-order chi connectivity index (χ0) is 14.7. The number of hydrogen-bond donors (Lipinski definition) is 1. The molecular weight excluding hydrogens is 264 g/mol.